The van der Waals surface area contributed by atoms with E-state index in [2.05, 4.69) is 12.2 Å². The molecule has 156 valence electrons. The fourth-order valence-electron chi connectivity index (χ4n) is 4.07. The first-order valence-electron chi connectivity index (χ1n) is 10.3. The van der Waals surface area contributed by atoms with Crippen LogP contribution in [0.1, 0.15) is 48.5 Å². The molecular formula is C24H25ClN2O2S. The lowest BCUT2D eigenvalue weighted by atomic mass is 9.86. The number of likely N-dealkylation sites (N-methyl/N-ethyl adjacent to an activating group) is 1. The number of amides is 2. The van der Waals surface area contributed by atoms with E-state index in [0.29, 0.717) is 21.4 Å². The van der Waals surface area contributed by atoms with Gasteiger partial charge in [0.1, 0.15) is 0 Å². The Kier molecular flexibility index (Phi) is 6.21. The molecule has 30 heavy (non-hydrogen) atoms. The van der Waals surface area contributed by atoms with Crippen LogP contribution in [0.2, 0.25) is 5.02 Å². The van der Waals surface area contributed by atoms with Crippen LogP contribution in [0.15, 0.2) is 52.3 Å². The predicted octanol–water partition coefficient (Wildman–Crippen LogP) is 5.76. The normalized spacial score (nSPS) is 22.7. The molecule has 1 aliphatic carbocycles. The molecule has 0 bridgehead atoms. The highest BCUT2D eigenvalue weighted by Crippen LogP contribution is 2.42. The van der Waals surface area contributed by atoms with E-state index in [1.807, 2.05) is 48.5 Å². The van der Waals surface area contributed by atoms with E-state index in [4.69, 9.17) is 11.6 Å². The third-order valence-corrected chi connectivity index (χ3v) is 7.20. The van der Waals surface area contributed by atoms with Crippen LogP contribution in [-0.2, 0) is 4.79 Å². The van der Waals surface area contributed by atoms with Crippen molar-refractivity contribution < 1.29 is 9.59 Å². The molecule has 1 saturated carbocycles. The molecule has 2 aromatic carbocycles. The number of rotatable bonds is 3. The van der Waals surface area contributed by atoms with Crippen LogP contribution in [0, 0.1) is 5.92 Å². The van der Waals surface area contributed by atoms with E-state index in [-0.39, 0.29) is 17.9 Å². The molecule has 1 aliphatic heterocycles. The Morgan fingerprint density at radius 1 is 1.20 bits per heavy atom. The molecule has 4 rings (SSSR count). The van der Waals surface area contributed by atoms with Crippen molar-refractivity contribution in [2.75, 3.05) is 11.9 Å². The van der Waals surface area contributed by atoms with Gasteiger partial charge in [-0.2, -0.15) is 0 Å². The van der Waals surface area contributed by atoms with E-state index >= 15 is 0 Å². The molecule has 2 amide bonds. The summed E-state index contributed by atoms with van der Waals surface area (Å²) in [5.74, 6) is 0.341. The smallest absolute Gasteiger partial charge is 0.264 e. The molecular weight excluding hydrogens is 416 g/mol. The van der Waals surface area contributed by atoms with Gasteiger partial charge in [0.05, 0.1) is 10.6 Å². The lowest BCUT2D eigenvalue weighted by Crippen LogP contribution is -2.41. The maximum atomic E-state index is 12.9. The molecule has 1 heterocycles. The lowest BCUT2D eigenvalue weighted by molar-refractivity contribution is -0.114. The number of hydrogen-bond acceptors (Lipinski definition) is 3. The van der Waals surface area contributed by atoms with E-state index < -0.39 is 0 Å². The van der Waals surface area contributed by atoms with Crippen molar-refractivity contribution in [3.63, 3.8) is 0 Å². The molecule has 2 unspecified atom stereocenters. The zero-order valence-electron chi connectivity index (χ0n) is 17.2. The number of anilines is 1. The van der Waals surface area contributed by atoms with Gasteiger partial charge in [0.2, 0.25) is 0 Å². The molecule has 0 aromatic heterocycles. The SMILES string of the molecule is CC1CCCCC1NC(=O)c1ccc2c(c1)N(C)C(=O)C(=Cc1cccc(Cl)c1)S2. The lowest BCUT2D eigenvalue weighted by Gasteiger charge is -2.30. The summed E-state index contributed by atoms with van der Waals surface area (Å²) >= 11 is 7.49. The Morgan fingerprint density at radius 2 is 2.00 bits per heavy atom. The van der Waals surface area contributed by atoms with Crippen LogP contribution in [0.5, 0.6) is 0 Å². The first-order valence-corrected chi connectivity index (χ1v) is 11.5. The van der Waals surface area contributed by atoms with Crippen molar-refractivity contribution in [3.05, 3.63) is 63.5 Å². The summed E-state index contributed by atoms with van der Waals surface area (Å²) < 4.78 is 0. The number of nitrogens with one attached hydrogen (secondary N) is 1. The predicted molar refractivity (Wildman–Crippen MR) is 124 cm³/mol. The van der Waals surface area contributed by atoms with Crippen LogP contribution < -0.4 is 10.2 Å². The summed E-state index contributed by atoms with van der Waals surface area (Å²) in [6.45, 7) is 2.20. The summed E-state index contributed by atoms with van der Waals surface area (Å²) in [7, 11) is 1.75. The average molecular weight is 441 g/mol. The Hall–Kier alpha value is -2.24. The molecule has 1 N–H and O–H groups in total. The van der Waals surface area contributed by atoms with Crippen molar-refractivity contribution in [1.82, 2.24) is 5.32 Å². The van der Waals surface area contributed by atoms with Crippen molar-refractivity contribution in [2.24, 2.45) is 5.92 Å². The summed E-state index contributed by atoms with van der Waals surface area (Å²) in [6.07, 6.45) is 6.44. The van der Waals surface area contributed by atoms with Gasteiger partial charge < -0.3 is 10.2 Å². The van der Waals surface area contributed by atoms with E-state index in [1.54, 1.807) is 11.9 Å². The van der Waals surface area contributed by atoms with Gasteiger partial charge in [-0.25, -0.2) is 0 Å². The molecule has 2 atom stereocenters. The van der Waals surface area contributed by atoms with Crippen molar-refractivity contribution in [1.29, 1.82) is 0 Å². The first-order chi connectivity index (χ1) is 14.4. The van der Waals surface area contributed by atoms with Gasteiger partial charge in [0.25, 0.3) is 11.8 Å². The van der Waals surface area contributed by atoms with Gasteiger partial charge >= 0.3 is 0 Å². The molecule has 2 aliphatic rings. The second-order valence-corrected chi connectivity index (χ2v) is 9.57. The minimum Gasteiger partial charge on any atom is -0.349 e. The highest BCUT2D eigenvalue weighted by molar-refractivity contribution is 8.04. The van der Waals surface area contributed by atoms with E-state index in [0.717, 1.165) is 35.4 Å². The van der Waals surface area contributed by atoms with E-state index in [1.165, 1.54) is 18.2 Å². The molecule has 2 aromatic rings. The minimum atomic E-state index is -0.0917. The molecule has 0 radical (unpaired) electrons. The number of fused-ring (bicyclic) bond motifs is 1. The molecule has 0 spiro atoms. The second kappa shape index (κ2) is 8.86. The maximum Gasteiger partial charge on any atom is 0.264 e. The highest BCUT2D eigenvalue weighted by Gasteiger charge is 2.28. The van der Waals surface area contributed by atoms with Crippen LogP contribution in [0.3, 0.4) is 0 Å². The monoisotopic (exact) mass is 440 g/mol. The number of carbonyl (C=O) groups is 2. The largest absolute Gasteiger partial charge is 0.349 e. The molecule has 4 nitrogen and oxygen atoms in total. The molecule has 0 saturated heterocycles. The number of halogens is 1. The molecule has 6 heteroatoms. The van der Waals surface area contributed by atoms with Crippen LogP contribution in [0.4, 0.5) is 5.69 Å². The van der Waals surface area contributed by atoms with E-state index in [9.17, 15) is 9.59 Å². The summed E-state index contributed by atoms with van der Waals surface area (Å²) in [4.78, 5) is 28.9. The van der Waals surface area contributed by atoms with Gasteiger partial charge in [-0.05, 0) is 60.7 Å². The first kappa shape index (κ1) is 21.0. The Bertz CT molecular complexity index is 1020. The van der Waals surface area contributed by atoms with Crippen LogP contribution in [-0.4, -0.2) is 24.9 Å². The Labute approximate surface area is 186 Å². The number of thioether (sulfide) groups is 1. The van der Waals surface area contributed by atoms with Gasteiger partial charge in [0.15, 0.2) is 0 Å². The number of hydrogen-bond donors (Lipinski definition) is 1. The second-order valence-electron chi connectivity index (χ2n) is 8.05. The summed E-state index contributed by atoms with van der Waals surface area (Å²) in [5, 5.41) is 3.83. The maximum absolute atomic E-state index is 12.9. The van der Waals surface area contributed by atoms with Gasteiger partial charge in [-0.15, -0.1) is 0 Å². The summed E-state index contributed by atoms with van der Waals surface area (Å²) in [5.41, 5.74) is 2.24. The Morgan fingerprint density at radius 3 is 2.77 bits per heavy atom. The third-order valence-electron chi connectivity index (χ3n) is 5.89. The average Bonchev–Trinajstić information content (AvgIpc) is 2.73. The fraction of sp³-hybridized carbons (Fsp3) is 0.333. The number of nitrogens with zero attached hydrogens (tertiary/aromatic N) is 1. The zero-order chi connectivity index (χ0) is 21.3. The highest BCUT2D eigenvalue weighted by atomic mass is 35.5. The van der Waals surface area contributed by atoms with Gasteiger partial charge in [0, 0.05) is 28.6 Å². The minimum absolute atomic E-state index is 0.0670. The molecule has 1 fully saturated rings. The standard InChI is InChI=1S/C24H25ClN2O2S/c1-15-6-3-4-9-19(15)26-23(28)17-10-11-21-20(14-17)27(2)24(29)22(30-21)13-16-7-5-8-18(25)12-16/h5,7-8,10-15,19H,3-4,6,9H2,1-2H3,(H,26,28). The summed E-state index contributed by atoms with van der Waals surface area (Å²) in [6, 6.07) is 13.2. The van der Waals surface area contributed by atoms with Crippen LogP contribution in [0.25, 0.3) is 6.08 Å². The van der Waals surface area contributed by atoms with Crippen molar-refractivity contribution in [3.8, 4) is 0 Å². The zero-order valence-corrected chi connectivity index (χ0v) is 18.7. The third kappa shape index (κ3) is 4.42. The Balaban J connectivity index is 1.56. The van der Waals surface area contributed by atoms with Gasteiger partial charge in [-0.1, -0.05) is 55.3 Å². The van der Waals surface area contributed by atoms with Gasteiger partial charge in [-0.3, -0.25) is 9.59 Å². The van der Waals surface area contributed by atoms with Crippen molar-refractivity contribution in [2.45, 2.75) is 43.5 Å². The number of carbonyl (C=O) groups excluding carboxylic acids is 2. The quantitative estimate of drug-likeness (QED) is 0.617. The fourth-order valence-corrected chi connectivity index (χ4v) is 5.36. The number of benzene rings is 2. The van der Waals surface area contributed by atoms with Crippen molar-refractivity contribution >= 4 is 46.9 Å². The topological polar surface area (TPSA) is 49.4 Å². The van der Waals surface area contributed by atoms with Crippen LogP contribution >= 0.6 is 23.4 Å².